The van der Waals surface area contributed by atoms with Crippen molar-refractivity contribution in [3.8, 4) is 5.75 Å². The number of benzene rings is 1. The summed E-state index contributed by atoms with van der Waals surface area (Å²) in [5.41, 5.74) is 2.24. The van der Waals surface area contributed by atoms with Gasteiger partial charge in [0.05, 0.1) is 7.11 Å². The number of thiophene rings is 1. The fraction of sp³-hybridized carbons (Fsp3) is 0.333. The predicted octanol–water partition coefficient (Wildman–Crippen LogP) is 3.58. The number of aromatic nitrogens is 2. The van der Waals surface area contributed by atoms with Gasteiger partial charge in [-0.2, -0.15) is 0 Å². The Hall–Kier alpha value is -2.78. The highest BCUT2D eigenvalue weighted by molar-refractivity contribution is 7.10. The molecule has 3 aromatic rings. The van der Waals surface area contributed by atoms with E-state index in [2.05, 4.69) is 14.9 Å². The van der Waals surface area contributed by atoms with E-state index < -0.39 is 6.04 Å². The lowest BCUT2D eigenvalue weighted by atomic mass is 10.1. The highest BCUT2D eigenvalue weighted by Gasteiger charge is 2.43. The Balaban J connectivity index is 1.59. The molecule has 0 saturated heterocycles. The van der Waals surface area contributed by atoms with Gasteiger partial charge in [0.2, 0.25) is 5.91 Å². The molecule has 2 amide bonds. The molecule has 1 aromatic carbocycles. The largest absolute Gasteiger partial charge is 0.497 e. The van der Waals surface area contributed by atoms with Crippen LogP contribution in [0.15, 0.2) is 41.1 Å². The molecule has 2 heterocycles. The predicted molar refractivity (Wildman–Crippen MR) is 116 cm³/mol. The van der Waals surface area contributed by atoms with Crippen LogP contribution < -0.4 is 10.1 Å². The maximum Gasteiger partial charge on any atom is 0.276 e. The Morgan fingerprint density at radius 1 is 1.27 bits per heavy atom. The van der Waals surface area contributed by atoms with Crippen LogP contribution in [-0.2, 0) is 11.3 Å². The second kappa shape index (κ2) is 8.93. The van der Waals surface area contributed by atoms with Crippen LogP contribution in [0.4, 0.5) is 0 Å². The smallest absolute Gasteiger partial charge is 0.276 e. The van der Waals surface area contributed by atoms with E-state index in [1.54, 1.807) is 17.4 Å². The number of methoxy groups -OCH3 is 1. The van der Waals surface area contributed by atoms with Crippen molar-refractivity contribution in [3.63, 3.8) is 0 Å². The Morgan fingerprint density at radius 2 is 2.03 bits per heavy atom. The zero-order valence-corrected chi connectivity index (χ0v) is 18.3. The average molecular weight is 443 g/mol. The lowest BCUT2D eigenvalue weighted by molar-refractivity contribution is -0.126. The molecule has 156 valence electrons. The van der Waals surface area contributed by atoms with E-state index >= 15 is 0 Å². The van der Waals surface area contributed by atoms with Gasteiger partial charge in [-0.15, -0.1) is 16.4 Å². The number of nitrogens with one attached hydrogen (secondary N) is 1. The first-order valence-corrected chi connectivity index (χ1v) is 11.3. The normalized spacial score (nSPS) is 14.2. The van der Waals surface area contributed by atoms with Gasteiger partial charge >= 0.3 is 0 Å². The fourth-order valence-corrected chi connectivity index (χ4v) is 4.75. The van der Waals surface area contributed by atoms with Crippen molar-refractivity contribution >= 4 is 34.7 Å². The van der Waals surface area contributed by atoms with E-state index in [-0.39, 0.29) is 23.6 Å². The molecule has 1 aliphatic rings. The molecule has 1 aliphatic carbocycles. The van der Waals surface area contributed by atoms with Gasteiger partial charge in [-0.25, -0.2) is 0 Å². The van der Waals surface area contributed by atoms with E-state index in [1.807, 2.05) is 42.6 Å². The summed E-state index contributed by atoms with van der Waals surface area (Å²) in [6, 6.07) is 8.87. The minimum absolute atomic E-state index is 0.0393. The zero-order chi connectivity index (χ0) is 21.1. The quantitative estimate of drug-likeness (QED) is 0.576. The first-order valence-electron chi connectivity index (χ1n) is 9.63. The number of aryl methyl sites for hydroxylation is 1. The Morgan fingerprint density at radius 3 is 2.60 bits per heavy atom. The van der Waals surface area contributed by atoms with Gasteiger partial charge < -0.3 is 15.0 Å². The summed E-state index contributed by atoms with van der Waals surface area (Å²) < 4.78 is 9.00. The van der Waals surface area contributed by atoms with E-state index in [1.165, 1.54) is 11.3 Å². The van der Waals surface area contributed by atoms with E-state index in [9.17, 15) is 9.59 Å². The molecule has 30 heavy (non-hydrogen) atoms. The minimum Gasteiger partial charge on any atom is -0.497 e. The van der Waals surface area contributed by atoms with Crippen LogP contribution in [0.25, 0.3) is 0 Å². The molecular formula is C21H22N4O3S2. The number of rotatable bonds is 8. The molecule has 1 N–H and O–H groups in total. The number of ether oxygens (including phenoxy) is 1. The summed E-state index contributed by atoms with van der Waals surface area (Å²) in [6.45, 7) is 2.34. The number of carbonyl (C=O) groups excluding carboxylic acids is 2. The van der Waals surface area contributed by atoms with Crippen molar-refractivity contribution in [2.24, 2.45) is 0 Å². The van der Waals surface area contributed by atoms with Crippen LogP contribution in [0.1, 0.15) is 45.4 Å². The number of hydrogen-bond donors (Lipinski definition) is 1. The second-order valence-electron chi connectivity index (χ2n) is 7.17. The number of hydrogen-bond acceptors (Lipinski definition) is 7. The maximum absolute atomic E-state index is 13.4. The van der Waals surface area contributed by atoms with Gasteiger partial charge in [0, 0.05) is 22.8 Å². The second-order valence-corrected chi connectivity index (χ2v) is 8.73. The molecule has 0 bridgehead atoms. The molecule has 0 unspecified atom stereocenters. The van der Waals surface area contributed by atoms with Crippen molar-refractivity contribution in [1.29, 1.82) is 0 Å². The number of nitrogens with zero attached hydrogens (tertiary/aromatic N) is 3. The third kappa shape index (κ3) is 4.36. The van der Waals surface area contributed by atoms with Gasteiger partial charge in [-0.3, -0.25) is 9.59 Å². The van der Waals surface area contributed by atoms with Crippen LogP contribution >= 0.6 is 22.9 Å². The highest BCUT2D eigenvalue weighted by Crippen LogP contribution is 2.38. The van der Waals surface area contributed by atoms with E-state index in [0.717, 1.165) is 46.1 Å². The van der Waals surface area contributed by atoms with Crippen LogP contribution in [0, 0.1) is 6.92 Å². The fourth-order valence-electron chi connectivity index (χ4n) is 3.30. The van der Waals surface area contributed by atoms with Crippen LogP contribution in [0.5, 0.6) is 5.75 Å². The van der Waals surface area contributed by atoms with Crippen molar-refractivity contribution in [3.05, 3.63) is 62.8 Å². The molecule has 4 rings (SSSR count). The van der Waals surface area contributed by atoms with Crippen molar-refractivity contribution in [2.45, 2.75) is 38.4 Å². The van der Waals surface area contributed by atoms with Crippen LogP contribution in [-0.4, -0.2) is 39.5 Å². The van der Waals surface area contributed by atoms with Gasteiger partial charge in [0.15, 0.2) is 5.69 Å². The molecule has 1 fully saturated rings. The number of carbonyl (C=O) groups is 2. The van der Waals surface area contributed by atoms with Crippen molar-refractivity contribution in [1.82, 2.24) is 19.8 Å². The van der Waals surface area contributed by atoms with Gasteiger partial charge in [0.1, 0.15) is 11.8 Å². The molecule has 9 heteroatoms. The molecule has 0 radical (unpaired) electrons. The standard InChI is InChI=1S/C21H22N4O3S2/c1-13-9-10-29-19(13)18(20(26)22-11-14-3-7-16(28-2)8-4-14)25(15-5-6-15)21(27)17-12-30-24-23-17/h3-4,7-10,12,15,18H,5-6,11H2,1-2H3,(H,22,26)/t18-/m0/s1. The zero-order valence-electron chi connectivity index (χ0n) is 16.7. The molecular weight excluding hydrogens is 420 g/mol. The van der Waals surface area contributed by atoms with E-state index in [4.69, 9.17) is 4.74 Å². The highest BCUT2D eigenvalue weighted by atomic mass is 32.1. The first kappa shape index (κ1) is 20.5. The lowest BCUT2D eigenvalue weighted by Gasteiger charge is -2.30. The topological polar surface area (TPSA) is 84.4 Å². The lowest BCUT2D eigenvalue weighted by Crippen LogP contribution is -2.44. The number of amides is 2. The third-order valence-corrected chi connectivity index (χ3v) is 6.63. The first-order chi connectivity index (χ1) is 14.6. The van der Waals surface area contributed by atoms with Crippen LogP contribution in [0.3, 0.4) is 0 Å². The Bertz CT molecular complexity index is 1010. The summed E-state index contributed by atoms with van der Waals surface area (Å²) in [5, 5.41) is 10.5. The maximum atomic E-state index is 13.4. The van der Waals surface area contributed by atoms with Gasteiger partial charge in [-0.05, 0) is 66.0 Å². The summed E-state index contributed by atoms with van der Waals surface area (Å²) in [6.07, 6.45) is 1.77. The third-order valence-electron chi connectivity index (χ3n) is 5.06. The molecule has 0 spiro atoms. The molecule has 2 aromatic heterocycles. The molecule has 0 aliphatic heterocycles. The van der Waals surface area contributed by atoms with Gasteiger partial charge in [0.25, 0.3) is 5.91 Å². The Labute approximate surface area is 182 Å². The van der Waals surface area contributed by atoms with E-state index in [0.29, 0.717) is 6.54 Å². The van der Waals surface area contributed by atoms with Crippen molar-refractivity contribution < 1.29 is 14.3 Å². The minimum atomic E-state index is -0.690. The molecule has 1 saturated carbocycles. The summed E-state index contributed by atoms with van der Waals surface area (Å²) >= 11 is 2.63. The Kier molecular flexibility index (Phi) is 6.10. The molecule has 7 nitrogen and oxygen atoms in total. The van der Waals surface area contributed by atoms with Gasteiger partial charge in [-0.1, -0.05) is 16.6 Å². The summed E-state index contributed by atoms with van der Waals surface area (Å²) in [7, 11) is 1.62. The average Bonchev–Trinajstić information content (AvgIpc) is 3.26. The summed E-state index contributed by atoms with van der Waals surface area (Å²) in [4.78, 5) is 29.2. The van der Waals surface area contributed by atoms with Crippen LogP contribution in [0.2, 0.25) is 0 Å². The molecule has 1 atom stereocenters. The summed E-state index contributed by atoms with van der Waals surface area (Å²) in [5.74, 6) is 0.322. The van der Waals surface area contributed by atoms with Crippen molar-refractivity contribution in [2.75, 3.05) is 7.11 Å². The monoisotopic (exact) mass is 442 g/mol. The SMILES string of the molecule is COc1ccc(CNC(=O)[C@H](c2sccc2C)N(C(=O)c2csnn2)C2CC2)cc1.